The maximum Gasteiger partial charge on any atom is 0.413 e. The first-order chi connectivity index (χ1) is 8.20. The molecule has 102 valence electrons. The van der Waals surface area contributed by atoms with Crippen LogP contribution in [0.1, 0.15) is 33.6 Å². The number of carboxylic acid groups (broad SMARTS) is 1. The molecule has 1 rings (SSSR count). The van der Waals surface area contributed by atoms with Crippen LogP contribution in [-0.4, -0.2) is 46.4 Å². The third kappa shape index (κ3) is 3.90. The van der Waals surface area contributed by atoms with Gasteiger partial charge in [0.05, 0.1) is 0 Å². The van der Waals surface area contributed by atoms with Gasteiger partial charge in [0, 0.05) is 6.42 Å². The number of hydrogen-bond acceptors (Lipinski definition) is 5. The van der Waals surface area contributed by atoms with E-state index in [9.17, 15) is 14.4 Å². The molecular weight excluding hydrogens is 242 g/mol. The van der Waals surface area contributed by atoms with Crippen LogP contribution in [0.5, 0.6) is 0 Å². The van der Waals surface area contributed by atoms with E-state index in [0.717, 1.165) is 4.90 Å². The highest BCUT2D eigenvalue weighted by Crippen LogP contribution is 2.20. The molecule has 1 N–H and O–H groups in total. The van der Waals surface area contributed by atoms with E-state index in [1.807, 2.05) is 0 Å². The molecule has 0 bridgehead atoms. The van der Waals surface area contributed by atoms with Crippen molar-refractivity contribution in [2.75, 3.05) is 6.73 Å². The minimum Gasteiger partial charge on any atom is -0.481 e. The van der Waals surface area contributed by atoms with E-state index in [0.29, 0.717) is 0 Å². The lowest BCUT2D eigenvalue weighted by Gasteiger charge is -2.25. The second kappa shape index (κ2) is 5.24. The standard InChI is InChI=1S/C11H17NO6/c1-11(2,3)18-10(16)12-6-17-9(15)7(12)4-5-8(13)14/h7H,4-6H2,1-3H3,(H,13,14). The minimum atomic E-state index is -1.03. The van der Waals surface area contributed by atoms with E-state index < -0.39 is 29.7 Å². The van der Waals surface area contributed by atoms with Crippen molar-refractivity contribution in [2.24, 2.45) is 0 Å². The lowest BCUT2D eigenvalue weighted by molar-refractivity contribution is -0.140. The van der Waals surface area contributed by atoms with Crippen molar-refractivity contribution in [2.45, 2.75) is 45.3 Å². The number of amides is 1. The topological polar surface area (TPSA) is 93.1 Å². The van der Waals surface area contributed by atoms with E-state index >= 15 is 0 Å². The second-order valence-corrected chi connectivity index (χ2v) is 4.99. The van der Waals surface area contributed by atoms with Gasteiger partial charge in [-0.15, -0.1) is 0 Å². The first kappa shape index (κ1) is 14.3. The number of nitrogens with zero attached hydrogens (tertiary/aromatic N) is 1. The van der Waals surface area contributed by atoms with Crippen LogP contribution in [0.3, 0.4) is 0 Å². The molecule has 18 heavy (non-hydrogen) atoms. The second-order valence-electron chi connectivity index (χ2n) is 4.99. The Morgan fingerprint density at radius 1 is 1.50 bits per heavy atom. The Morgan fingerprint density at radius 2 is 2.11 bits per heavy atom. The summed E-state index contributed by atoms with van der Waals surface area (Å²) >= 11 is 0. The monoisotopic (exact) mass is 259 g/mol. The predicted octanol–water partition coefficient (Wildman–Crippen LogP) is 0.971. The predicted molar refractivity (Wildman–Crippen MR) is 59.7 cm³/mol. The first-order valence-corrected chi connectivity index (χ1v) is 5.59. The largest absolute Gasteiger partial charge is 0.481 e. The summed E-state index contributed by atoms with van der Waals surface area (Å²) in [6.07, 6.45) is -0.865. The van der Waals surface area contributed by atoms with Gasteiger partial charge in [-0.25, -0.2) is 9.59 Å². The van der Waals surface area contributed by atoms with Gasteiger partial charge in [-0.3, -0.25) is 9.69 Å². The Bertz CT molecular complexity index is 359. The van der Waals surface area contributed by atoms with Crippen LogP contribution in [-0.2, 0) is 19.1 Å². The zero-order valence-corrected chi connectivity index (χ0v) is 10.6. The van der Waals surface area contributed by atoms with Crippen molar-refractivity contribution in [1.82, 2.24) is 4.90 Å². The van der Waals surface area contributed by atoms with Crippen LogP contribution < -0.4 is 0 Å². The van der Waals surface area contributed by atoms with Crippen molar-refractivity contribution >= 4 is 18.0 Å². The average Bonchev–Trinajstić information content (AvgIpc) is 2.54. The zero-order chi connectivity index (χ0) is 13.9. The Morgan fingerprint density at radius 3 is 2.61 bits per heavy atom. The molecule has 1 heterocycles. The summed E-state index contributed by atoms with van der Waals surface area (Å²) in [5.74, 6) is -1.62. The molecule has 1 amide bonds. The third-order valence-electron chi connectivity index (χ3n) is 2.25. The van der Waals surface area contributed by atoms with Crippen LogP contribution in [0.2, 0.25) is 0 Å². The molecule has 0 aromatic heterocycles. The number of hydrogen-bond donors (Lipinski definition) is 1. The van der Waals surface area contributed by atoms with E-state index in [1.54, 1.807) is 20.8 Å². The summed E-state index contributed by atoms with van der Waals surface area (Å²) in [6, 6.07) is -0.879. The number of carboxylic acids is 1. The van der Waals surface area contributed by atoms with E-state index in [4.69, 9.17) is 14.6 Å². The van der Waals surface area contributed by atoms with Crippen molar-refractivity contribution in [1.29, 1.82) is 0 Å². The van der Waals surface area contributed by atoms with E-state index in [1.165, 1.54) is 0 Å². The average molecular weight is 259 g/mol. The number of cyclic esters (lactones) is 1. The summed E-state index contributed by atoms with van der Waals surface area (Å²) in [6.45, 7) is 4.92. The molecule has 1 atom stereocenters. The quantitative estimate of drug-likeness (QED) is 0.759. The SMILES string of the molecule is CC(C)(C)OC(=O)N1COC(=O)C1CCC(=O)O. The molecule has 7 heteroatoms. The number of esters is 1. The number of carbonyl (C=O) groups excluding carboxylic acids is 2. The summed E-state index contributed by atoms with van der Waals surface area (Å²) in [4.78, 5) is 34.8. The van der Waals surface area contributed by atoms with Crippen molar-refractivity contribution in [3.8, 4) is 0 Å². The Kier molecular flexibility index (Phi) is 4.15. The highest BCUT2D eigenvalue weighted by Gasteiger charge is 2.39. The molecule has 0 aliphatic carbocycles. The van der Waals surface area contributed by atoms with E-state index in [-0.39, 0.29) is 19.6 Å². The van der Waals surface area contributed by atoms with Gasteiger partial charge in [0.1, 0.15) is 11.6 Å². The van der Waals surface area contributed by atoms with Crippen LogP contribution >= 0.6 is 0 Å². The molecule has 1 unspecified atom stereocenters. The van der Waals surface area contributed by atoms with Crippen LogP contribution in [0.15, 0.2) is 0 Å². The number of aliphatic carboxylic acids is 1. The van der Waals surface area contributed by atoms with Gasteiger partial charge in [-0.1, -0.05) is 0 Å². The number of rotatable bonds is 3. The lowest BCUT2D eigenvalue weighted by Crippen LogP contribution is -2.41. The van der Waals surface area contributed by atoms with Gasteiger partial charge in [-0.2, -0.15) is 0 Å². The molecule has 1 saturated heterocycles. The fourth-order valence-electron chi connectivity index (χ4n) is 1.48. The van der Waals surface area contributed by atoms with Crippen LogP contribution in [0, 0.1) is 0 Å². The summed E-state index contributed by atoms with van der Waals surface area (Å²) in [5, 5.41) is 8.58. The summed E-state index contributed by atoms with van der Waals surface area (Å²) < 4.78 is 9.85. The fourth-order valence-corrected chi connectivity index (χ4v) is 1.48. The Balaban J connectivity index is 2.65. The molecule has 0 saturated carbocycles. The number of ether oxygens (including phenoxy) is 2. The van der Waals surface area contributed by atoms with Gasteiger partial charge in [-0.05, 0) is 27.2 Å². The third-order valence-corrected chi connectivity index (χ3v) is 2.25. The van der Waals surface area contributed by atoms with Crippen LogP contribution in [0.25, 0.3) is 0 Å². The molecule has 0 aromatic rings. The Hall–Kier alpha value is -1.79. The molecule has 7 nitrogen and oxygen atoms in total. The highest BCUT2D eigenvalue weighted by atomic mass is 16.6. The highest BCUT2D eigenvalue weighted by molar-refractivity contribution is 5.84. The minimum absolute atomic E-state index is 0.0212. The lowest BCUT2D eigenvalue weighted by atomic mass is 10.1. The zero-order valence-electron chi connectivity index (χ0n) is 10.6. The van der Waals surface area contributed by atoms with Gasteiger partial charge in [0.15, 0.2) is 6.73 Å². The smallest absolute Gasteiger partial charge is 0.413 e. The molecule has 0 radical (unpaired) electrons. The maximum atomic E-state index is 11.8. The van der Waals surface area contributed by atoms with Gasteiger partial charge < -0.3 is 14.6 Å². The summed E-state index contributed by atoms with van der Waals surface area (Å²) in [5.41, 5.74) is -0.680. The van der Waals surface area contributed by atoms with Gasteiger partial charge in [0.2, 0.25) is 0 Å². The van der Waals surface area contributed by atoms with Gasteiger partial charge >= 0.3 is 18.0 Å². The molecule has 1 aliphatic rings. The fraction of sp³-hybridized carbons (Fsp3) is 0.727. The molecule has 1 aliphatic heterocycles. The normalized spacial score (nSPS) is 19.6. The Labute approximate surface area is 105 Å². The molecule has 1 fully saturated rings. The van der Waals surface area contributed by atoms with Crippen molar-refractivity contribution in [3.63, 3.8) is 0 Å². The van der Waals surface area contributed by atoms with Crippen molar-refractivity contribution in [3.05, 3.63) is 0 Å². The number of carbonyl (C=O) groups is 3. The molecule has 0 spiro atoms. The van der Waals surface area contributed by atoms with Crippen molar-refractivity contribution < 1.29 is 29.0 Å². The molecule has 0 aromatic carbocycles. The maximum absolute atomic E-state index is 11.8. The first-order valence-electron chi connectivity index (χ1n) is 5.59. The molecular formula is C11H17NO6. The van der Waals surface area contributed by atoms with E-state index in [2.05, 4.69) is 0 Å². The van der Waals surface area contributed by atoms with Crippen LogP contribution in [0.4, 0.5) is 4.79 Å². The summed E-state index contributed by atoms with van der Waals surface area (Å²) in [7, 11) is 0. The van der Waals surface area contributed by atoms with Gasteiger partial charge in [0.25, 0.3) is 0 Å².